The van der Waals surface area contributed by atoms with Gasteiger partial charge in [0.2, 0.25) is 0 Å². The minimum Gasteiger partial charge on any atom is -0.365 e. The van der Waals surface area contributed by atoms with Gasteiger partial charge in [0.1, 0.15) is 17.0 Å². The van der Waals surface area contributed by atoms with Crippen LogP contribution in [0.4, 0.5) is 5.82 Å². The molecule has 1 fully saturated rings. The molecule has 0 saturated carbocycles. The van der Waals surface area contributed by atoms with Gasteiger partial charge >= 0.3 is 0 Å². The second-order valence-corrected chi connectivity index (χ2v) is 7.88. The van der Waals surface area contributed by atoms with E-state index in [1.54, 1.807) is 17.7 Å². The topological polar surface area (TPSA) is 41.1 Å². The van der Waals surface area contributed by atoms with Gasteiger partial charge in [0.15, 0.2) is 0 Å². The van der Waals surface area contributed by atoms with Crippen LogP contribution in [0.5, 0.6) is 0 Å². The zero-order valence-electron chi connectivity index (χ0n) is 14.3. The number of aromatic nitrogens is 2. The SMILES string of the molecule is Cc1sc2ncnc(N[C@H]3CN(C)C[C@@H]3c3ccccc3)c2c1C. The summed E-state index contributed by atoms with van der Waals surface area (Å²) in [6.07, 6.45) is 1.68. The summed E-state index contributed by atoms with van der Waals surface area (Å²) in [5.74, 6) is 1.45. The maximum Gasteiger partial charge on any atom is 0.138 e. The first-order valence-electron chi connectivity index (χ1n) is 8.34. The number of likely N-dealkylation sites (N-methyl/N-ethyl adjacent to an activating group) is 1. The quantitative estimate of drug-likeness (QED) is 0.788. The number of hydrogen-bond donors (Lipinski definition) is 1. The highest BCUT2D eigenvalue weighted by molar-refractivity contribution is 7.18. The predicted molar refractivity (Wildman–Crippen MR) is 101 cm³/mol. The van der Waals surface area contributed by atoms with E-state index < -0.39 is 0 Å². The summed E-state index contributed by atoms with van der Waals surface area (Å²) >= 11 is 1.75. The van der Waals surface area contributed by atoms with Gasteiger partial charge in [-0.1, -0.05) is 30.3 Å². The molecule has 3 heterocycles. The molecule has 3 aromatic rings. The first-order valence-corrected chi connectivity index (χ1v) is 9.16. The Morgan fingerprint density at radius 3 is 2.71 bits per heavy atom. The molecular formula is C19H22N4S. The molecule has 1 aliphatic heterocycles. The molecule has 1 saturated heterocycles. The zero-order chi connectivity index (χ0) is 16.7. The number of hydrogen-bond acceptors (Lipinski definition) is 5. The Labute approximate surface area is 146 Å². The van der Waals surface area contributed by atoms with Crippen molar-refractivity contribution >= 4 is 27.4 Å². The van der Waals surface area contributed by atoms with Crippen molar-refractivity contribution < 1.29 is 0 Å². The molecule has 4 rings (SSSR count). The molecule has 1 N–H and O–H groups in total. The van der Waals surface area contributed by atoms with Crippen molar-refractivity contribution in [1.29, 1.82) is 0 Å². The van der Waals surface area contributed by atoms with E-state index in [1.165, 1.54) is 21.4 Å². The summed E-state index contributed by atoms with van der Waals surface area (Å²) in [5.41, 5.74) is 2.68. The van der Waals surface area contributed by atoms with Crippen LogP contribution in [0, 0.1) is 13.8 Å². The van der Waals surface area contributed by atoms with E-state index in [9.17, 15) is 0 Å². The maximum atomic E-state index is 4.56. The third kappa shape index (κ3) is 2.68. The third-order valence-electron chi connectivity index (χ3n) is 5.02. The summed E-state index contributed by atoms with van der Waals surface area (Å²) in [6, 6.07) is 11.1. The van der Waals surface area contributed by atoms with Gasteiger partial charge in [-0.3, -0.25) is 0 Å². The third-order valence-corrected chi connectivity index (χ3v) is 6.13. The molecule has 0 bridgehead atoms. The minimum absolute atomic E-state index is 0.357. The van der Waals surface area contributed by atoms with Crippen LogP contribution < -0.4 is 5.32 Å². The standard InChI is InChI=1S/C19H22N4S/c1-12-13(2)24-19-17(12)18(20-11-21-19)22-16-10-23(3)9-15(16)14-7-5-4-6-8-14/h4-8,11,15-16H,9-10H2,1-3H3,(H,20,21,22)/t15-,16+/m1/s1. The van der Waals surface area contributed by atoms with Gasteiger partial charge in [-0.05, 0) is 32.0 Å². The van der Waals surface area contributed by atoms with Gasteiger partial charge in [0.05, 0.1) is 5.39 Å². The van der Waals surface area contributed by atoms with Gasteiger partial charge in [0.25, 0.3) is 0 Å². The second-order valence-electron chi connectivity index (χ2n) is 6.67. The highest BCUT2D eigenvalue weighted by atomic mass is 32.1. The van der Waals surface area contributed by atoms with Crippen LogP contribution in [-0.4, -0.2) is 41.0 Å². The summed E-state index contributed by atoms with van der Waals surface area (Å²) in [7, 11) is 2.19. The lowest BCUT2D eigenvalue weighted by Crippen LogP contribution is -2.28. The van der Waals surface area contributed by atoms with E-state index in [2.05, 4.69) is 71.4 Å². The smallest absolute Gasteiger partial charge is 0.138 e. The number of thiophene rings is 1. The first kappa shape index (κ1) is 15.5. The number of anilines is 1. The monoisotopic (exact) mass is 338 g/mol. The van der Waals surface area contributed by atoms with E-state index in [0.29, 0.717) is 12.0 Å². The van der Waals surface area contributed by atoms with Crippen LogP contribution in [0.1, 0.15) is 21.9 Å². The first-order chi connectivity index (χ1) is 11.6. The van der Waals surface area contributed by atoms with Gasteiger partial charge in [-0.15, -0.1) is 11.3 Å². The Morgan fingerprint density at radius 2 is 1.92 bits per heavy atom. The van der Waals surface area contributed by atoms with E-state index in [1.807, 2.05) is 0 Å². The number of nitrogens with one attached hydrogen (secondary N) is 1. The summed E-state index contributed by atoms with van der Waals surface area (Å²) in [6.45, 7) is 6.41. The molecule has 0 radical (unpaired) electrons. The minimum atomic E-state index is 0.357. The lowest BCUT2D eigenvalue weighted by atomic mass is 9.94. The van der Waals surface area contributed by atoms with Crippen LogP contribution >= 0.6 is 11.3 Å². The summed E-state index contributed by atoms with van der Waals surface area (Å²) in [5, 5.41) is 4.91. The Kier molecular flexibility index (Phi) is 3.98. The number of rotatable bonds is 3. The van der Waals surface area contributed by atoms with Crippen LogP contribution in [0.2, 0.25) is 0 Å². The molecule has 0 unspecified atom stereocenters. The number of benzene rings is 1. The molecule has 0 aliphatic carbocycles. The van der Waals surface area contributed by atoms with Crippen LogP contribution in [0.25, 0.3) is 10.2 Å². The Hall–Kier alpha value is -1.98. The van der Waals surface area contributed by atoms with Crippen molar-refractivity contribution in [3.63, 3.8) is 0 Å². The van der Waals surface area contributed by atoms with Crippen molar-refractivity contribution in [2.45, 2.75) is 25.8 Å². The molecule has 24 heavy (non-hydrogen) atoms. The molecular weight excluding hydrogens is 316 g/mol. The summed E-state index contributed by atoms with van der Waals surface area (Å²) in [4.78, 5) is 13.8. The molecule has 1 aromatic carbocycles. The van der Waals surface area contributed by atoms with E-state index in [-0.39, 0.29) is 0 Å². The maximum absolute atomic E-state index is 4.56. The predicted octanol–water partition coefficient (Wildman–Crippen LogP) is 3.82. The van der Waals surface area contributed by atoms with Crippen molar-refractivity contribution in [2.75, 3.05) is 25.5 Å². The number of nitrogens with zero attached hydrogens (tertiary/aromatic N) is 3. The van der Waals surface area contributed by atoms with E-state index in [4.69, 9.17) is 0 Å². The molecule has 124 valence electrons. The lowest BCUT2D eigenvalue weighted by Gasteiger charge is -2.21. The average molecular weight is 338 g/mol. The molecule has 2 atom stereocenters. The number of aryl methyl sites for hydroxylation is 2. The fourth-order valence-corrected chi connectivity index (χ4v) is 4.65. The number of fused-ring (bicyclic) bond motifs is 1. The lowest BCUT2D eigenvalue weighted by molar-refractivity contribution is 0.409. The highest BCUT2D eigenvalue weighted by Gasteiger charge is 2.32. The van der Waals surface area contributed by atoms with Gasteiger partial charge in [0, 0.05) is 29.9 Å². The van der Waals surface area contributed by atoms with Crippen molar-refractivity contribution in [2.24, 2.45) is 0 Å². The zero-order valence-corrected chi connectivity index (χ0v) is 15.1. The van der Waals surface area contributed by atoms with Gasteiger partial charge in [-0.2, -0.15) is 0 Å². The Bertz CT molecular complexity index is 858. The van der Waals surface area contributed by atoms with Crippen molar-refractivity contribution in [3.8, 4) is 0 Å². The molecule has 0 amide bonds. The Balaban J connectivity index is 1.69. The van der Waals surface area contributed by atoms with E-state index >= 15 is 0 Å². The van der Waals surface area contributed by atoms with Crippen LogP contribution in [0.15, 0.2) is 36.7 Å². The highest BCUT2D eigenvalue weighted by Crippen LogP contribution is 2.35. The summed E-state index contributed by atoms with van der Waals surface area (Å²) < 4.78 is 0. The fourth-order valence-electron chi connectivity index (χ4n) is 3.65. The fraction of sp³-hybridized carbons (Fsp3) is 0.368. The number of likely N-dealkylation sites (tertiary alicyclic amines) is 1. The molecule has 4 nitrogen and oxygen atoms in total. The van der Waals surface area contributed by atoms with Crippen LogP contribution in [-0.2, 0) is 0 Å². The van der Waals surface area contributed by atoms with Crippen LogP contribution in [0.3, 0.4) is 0 Å². The van der Waals surface area contributed by atoms with Gasteiger partial charge < -0.3 is 10.2 Å². The molecule has 0 spiro atoms. The average Bonchev–Trinajstić information content (AvgIpc) is 3.09. The second kappa shape index (κ2) is 6.15. The van der Waals surface area contributed by atoms with Crippen molar-refractivity contribution in [1.82, 2.24) is 14.9 Å². The molecule has 2 aromatic heterocycles. The molecule has 1 aliphatic rings. The Morgan fingerprint density at radius 1 is 1.12 bits per heavy atom. The van der Waals surface area contributed by atoms with Crippen molar-refractivity contribution in [3.05, 3.63) is 52.7 Å². The molecule has 5 heteroatoms. The normalized spacial score (nSPS) is 21.5. The van der Waals surface area contributed by atoms with E-state index in [0.717, 1.165) is 23.7 Å². The largest absolute Gasteiger partial charge is 0.365 e. The van der Waals surface area contributed by atoms with Gasteiger partial charge in [-0.25, -0.2) is 9.97 Å².